The fraction of sp³-hybridized carbons (Fsp3) is 0.0769. The van der Waals surface area contributed by atoms with Gasteiger partial charge < -0.3 is 13.9 Å². The summed E-state index contributed by atoms with van der Waals surface area (Å²) in [4.78, 5) is 22.6. The molecule has 0 bridgehead atoms. The van der Waals surface area contributed by atoms with Crippen molar-refractivity contribution in [2.75, 3.05) is 7.11 Å². The summed E-state index contributed by atoms with van der Waals surface area (Å²) >= 11 is 0. The van der Waals surface area contributed by atoms with E-state index < -0.39 is 5.97 Å². The molecular weight excluding hydrogens is 236 g/mol. The molecule has 0 spiro atoms. The quantitative estimate of drug-likeness (QED) is 0.470. The molecule has 92 valence electrons. The molecule has 1 aromatic carbocycles. The SMILES string of the molecule is COc1cccc(C=O)c1OC(=O)c1ccco1. The van der Waals surface area contributed by atoms with Crippen molar-refractivity contribution >= 4 is 12.3 Å². The smallest absolute Gasteiger partial charge is 0.379 e. The molecule has 0 amide bonds. The van der Waals surface area contributed by atoms with Crippen molar-refractivity contribution in [3.05, 3.63) is 47.9 Å². The molecule has 0 atom stereocenters. The van der Waals surface area contributed by atoms with Crippen molar-refractivity contribution in [3.63, 3.8) is 0 Å². The summed E-state index contributed by atoms with van der Waals surface area (Å²) in [5, 5.41) is 0. The summed E-state index contributed by atoms with van der Waals surface area (Å²) < 4.78 is 15.1. The number of esters is 1. The van der Waals surface area contributed by atoms with Crippen molar-refractivity contribution in [2.45, 2.75) is 0 Å². The third-order valence-electron chi connectivity index (χ3n) is 2.27. The third-order valence-corrected chi connectivity index (χ3v) is 2.27. The van der Waals surface area contributed by atoms with E-state index >= 15 is 0 Å². The lowest BCUT2D eigenvalue weighted by molar-refractivity contribution is 0.0695. The maximum absolute atomic E-state index is 11.7. The normalized spacial score (nSPS) is 9.83. The molecular formula is C13H10O5. The summed E-state index contributed by atoms with van der Waals surface area (Å²) in [6, 6.07) is 7.79. The van der Waals surface area contributed by atoms with E-state index in [1.54, 1.807) is 18.2 Å². The van der Waals surface area contributed by atoms with Crippen molar-refractivity contribution in [3.8, 4) is 11.5 Å². The Morgan fingerprint density at radius 1 is 1.28 bits per heavy atom. The predicted octanol–water partition coefficient (Wildman–Crippen LogP) is 2.32. The van der Waals surface area contributed by atoms with Gasteiger partial charge in [-0.3, -0.25) is 4.79 Å². The number of carbonyl (C=O) groups excluding carboxylic acids is 2. The van der Waals surface area contributed by atoms with Gasteiger partial charge in [-0.25, -0.2) is 4.79 Å². The molecule has 0 saturated heterocycles. The molecule has 18 heavy (non-hydrogen) atoms. The molecule has 0 saturated carbocycles. The van der Waals surface area contributed by atoms with Gasteiger partial charge in [-0.1, -0.05) is 6.07 Å². The molecule has 0 unspecified atom stereocenters. The molecule has 2 aromatic rings. The van der Waals surface area contributed by atoms with E-state index in [1.807, 2.05) is 0 Å². The number of hydrogen-bond acceptors (Lipinski definition) is 5. The van der Waals surface area contributed by atoms with Crippen molar-refractivity contribution in [1.29, 1.82) is 0 Å². The highest BCUT2D eigenvalue weighted by Gasteiger charge is 2.17. The topological polar surface area (TPSA) is 65.7 Å². The fourth-order valence-corrected chi connectivity index (χ4v) is 1.43. The van der Waals surface area contributed by atoms with Gasteiger partial charge in [0.2, 0.25) is 5.76 Å². The first-order chi connectivity index (χ1) is 8.76. The van der Waals surface area contributed by atoms with Crippen LogP contribution in [-0.2, 0) is 0 Å². The molecule has 2 rings (SSSR count). The largest absolute Gasteiger partial charge is 0.493 e. The molecule has 5 nitrogen and oxygen atoms in total. The highest BCUT2D eigenvalue weighted by molar-refractivity contribution is 5.91. The van der Waals surface area contributed by atoms with Crippen LogP contribution < -0.4 is 9.47 Å². The zero-order valence-corrected chi connectivity index (χ0v) is 9.58. The Morgan fingerprint density at radius 2 is 2.11 bits per heavy atom. The van der Waals surface area contributed by atoms with Crippen LogP contribution in [0, 0.1) is 0 Å². The highest BCUT2D eigenvalue weighted by Crippen LogP contribution is 2.30. The second-order valence-electron chi connectivity index (χ2n) is 3.36. The van der Waals surface area contributed by atoms with Gasteiger partial charge >= 0.3 is 5.97 Å². The minimum Gasteiger partial charge on any atom is -0.493 e. The second-order valence-corrected chi connectivity index (χ2v) is 3.36. The average Bonchev–Trinajstić information content (AvgIpc) is 2.93. The minimum atomic E-state index is -0.687. The maximum atomic E-state index is 11.7. The van der Waals surface area contributed by atoms with Crippen LogP contribution in [0.2, 0.25) is 0 Å². The number of ether oxygens (including phenoxy) is 2. The van der Waals surface area contributed by atoms with Crippen LogP contribution in [0.25, 0.3) is 0 Å². The van der Waals surface area contributed by atoms with E-state index in [1.165, 1.54) is 25.5 Å². The second kappa shape index (κ2) is 5.18. The summed E-state index contributed by atoms with van der Waals surface area (Å²) in [5.74, 6) is -0.249. The van der Waals surface area contributed by atoms with Gasteiger partial charge in [-0.2, -0.15) is 0 Å². The number of benzene rings is 1. The number of para-hydroxylation sites is 1. The Kier molecular flexibility index (Phi) is 3.43. The molecule has 0 aliphatic carbocycles. The molecule has 0 fully saturated rings. The Bertz CT molecular complexity index is 557. The van der Waals surface area contributed by atoms with Crippen LogP contribution in [0.3, 0.4) is 0 Å². The van der Waals surface area contributed by atoms with Crippen molar-refractivity contribution in [2.24, 2.45) is 0 Å². The molecule has 0 radical (unpaired) electrons. The zero-order valence-electron chi connectivity index (χ0n) is 9.58. The number of methoxy groups -OCH3 is 1. The summed E-state index contributed by atoms with van der Waals surface area (Å²) in [6.07, 6.45) is 1.95. The standard InChI is InChI=1S/C13H10O5/c1-16-10-5-2-4-9(8-14)12(10)18-13(15)11-6-3-7-17-11/h2-8H,1H3. The zero-order chi connectivity index (χ0) is 13.0. The fourth-order valence-electron chi connectivity index (χ4n) is 1.43. The number of hydrogen-bond donors (Lipinski definition) is 0. The Labute approximate surface area is 103 Å². The van der Waals surface area contributed by atoms with E-state index in [0.29, 0.717) is 12.0 Å². The monoisotopic (exact) mass is 246 g/mol. The molecule has 5 heteroatoms. The Balaban J connectivity index is 2.33. The third kappa shape index (κ3) is 2.24. The van der Waals surface area contributed by atoms with Gasteiger partial charge in [0, 0.05) is 0 Å². The number of carbonyl (C=O) groups is 2. The first-order valence-corrected chi connectivity index (χ1v) is 5.14. The van der Waals surface area contributed by atoms with Crippen LogP contribution >= 0.6 is 0 Å². The van der Waals surface area contributed by atoms with E-state index in [4.69, 9.17) is 13.9 Å². The number of furan rings is 1. The first-order valence-electron chi connectivity index (χ1n) is 5.14. The van der Waals surface area contributed by atoms with E-state index in [-0.39, 0.29) is 17.1 Å². The van der Waals surface area contributed by atoms with Gasteiger partial charge in [0.1, 0.15) is 0 Å². The number of rotatable bonds is 4. The minimum absolute atomic E-state index is 0.0535. The lowest BCUT2D eigenvalue weighted by Crippen LogP contribution is -2.09. The maximum Gasteiger partial charge on any atom is 0.379 e. The van der Waals surface area contributed by atoms with Crippen molar-refractivity contribution < 1.29 is 23.5 Å². The molecule has 1 aromatic heterocycles. The van der Waals surface area contributed by atoms with Crippen LogP contribution in [0.4, 0.5) is 0 Å². The van der Waals surface area contributed by atoms with Gasteiger partial charge in [-0.15, -0.1) is 0 Å². The lowest BCUT2D eigenvalue weighted by atomic mass is 10.2. The van der Waals surface area contributed by atoms with Crippen LogP contribution in [0.15, 0.2) is 41.0 Å². The molecule has 1 heterocycles. The molecule has 0 aliphatic heterocycles. The highest BCUT2D eigenvalue weighted by atomic mass is 16.6. The Morgan fingerprint density at radius 3 is 2.72 bits per heavy atom. The average molecular weight is 246 g/mol. The number of aldehydes is 1. The van der Waals surface area contributed by atoms with E-state index in [9.17, 15) is 9.59 Å². The van der Waals surface area contributed by atoms with Crippen LogP contribution in [-0.4, -0.2) is 19.4 Å². The molecule has 0 aliphatic rings. The van der Waals surface area contributed by atoms with Gasteiger partial charge in [-0.05, 0) is 24.3 Å². The van der Waals surface area contributed by atoms with Gasteiger partial charge in [0.25, 0.3) is 0 Å². The van der Waals surface area contributed by atoms with Crippen LogP contribution in [0.5, 0.6) is 11.5 Å². The van der Waals surface area contributed by atoms with Gasteiger partial charge in [0.15, 0.2) is 17.8 Å². The van der Waals surface area contributed by atoms with Crippen molar-refractivity contribution in [1.82, 2.24) is 0 Å². The Hall–Kier alpha value is -2.56. The predicted molar refractivity (Wildman–Crippen MR) is 62.0 cm³/mol. The van der Waals surface area contributed by atoms with E-state index in [2.05, 4.69) is 0 Å². The van der Waals surface area contributed by atoms with E-state index in [0.717, 1.165) is 0 Å². The van der Waals surface area contributed by atoms with Crippen LogP contribution in [0.1, 0.15) is 20.9 Å². The van der Waals surface area contributed by atoms with Gasteiger partial charge in [0.05, 0.1) is 18.9 Å². The lowest BCUT2D eigenvalue weighted by Gasteiger charge is -2.09. The summed E-state index contributed by atoms with van der Waals surface area (Å²) in [6.45, 7) is 0. The molecule has 0 N–H and O–H groups in total. The summed E-state index contributed by atoms with van der Waals surface area (Å²) in [5.41, 5.74) is 0.231. The first kappa shape index (κ1) is 11.9. The summed E-state index contributed by atoms with van der Waals surface area (Å²) in [7, 11) is 1.42.